The first-order valence-electron chi connectivity index (χ1n) is 3.53. The molecule has 0 bridgehead atoms. The van der Waals surface area contributed by atoms with Crippen LogP contribution in [0.2, 0.25) is 0 Å². The average Bonchev–Trinajstić information content (AvgIpc) is 2.00. The summed E-state index contributed by atoms with van der Waals surface area (Å²) < 4.78 is -7.39. The van der Waals surface area contributed by atoms with E-state index in [1.165, 1.54) is 0 Å². The van der Waals surface area contributed by atoms with Crippen LogP contribution >= 0.6 is 104 Å². The largest absolute Gasteiger partial charge is 0.187 e. The van der Waals surface area contributed by atoms with Crippen LogP contribution in [-0.4, -0.2) is 22.7 Å². The third-order valence-electron chi connectivity index (χ3n) is 2.10. The van der Waals surface area contributed by atoms with Crippen LogP contribution in [-0.2, 0) is 0 Å². The quantitative estimate of drug-likeness (QED) is 0.463. The van der Waals surface area contributed by atoms with Gasteiger partial charge in [0, 0.05) is 6.42 Å². The van der Waals surface area contributed by atoms with Gasteiger partial charge in [-0.25, -0.2) is 0 Å². The summed E-state index contributed by atoms with van der Waals surface area (Å²) in [6.07, 6.45) is -0.0567. The topological polar surface area (TPSA) is 0 Å². The number of alkyl halides is 9. The highest BCUT2D eigenvalue weighted by molar-refractivity contribution is 6.75. The monoisotopic (exact) mass is 390 g/mol. The second kappa shape index (κ2) is 4.32. The Hall–Kier alpha value is 2.61. The minimum atomic E-state index is -2.01. The van der Waals surface area contributed by atoms with E-state index in [-0.39, 0.29) is 6.42 Å². The Kier molecular flexibility index (Phi) is 4.51. The summed E-state index contributed by atoms with van der Waals surface area (Å²) in [6.45, 7) is 0. The molecule has 1 aliphatic carbocycles. The maximum Gasteiger partial charge on any atom is 0.187 e. The number of halogens is 9. The summed E-state index contributed by atoms with van der Waals surface area (Å²) in [5, 5.41) is -0.892. The van der Waals surface area contributed by atoms with E-state index in [1.54, 1.807) is 0 Å². The zero-order valence-corrected chi connectivity index (χ0v) is 13.5. The van der Waals surface area contributed by atoms with E-state index >= 15 is 0 Å². The van der Waals surface area contributed by atoms with Gasteiger partial charge in [0.15, 0.2) is 17.3 Å². The first-order valence-corrected chi connectivity index (χ1v) is 6.99. The molecule has 90 valence electrons. The molecule has 0 aromatic heterocycles. The standard InChI is InChI=1S/C6H3Cl9/c7-2-1-3(8,9)5(12,13)6(14,15)4(2,10)11/h2H,1H2. The van der Waals surface area contributed by atoms with Crippen molar-refractivity contribution in [2.75, 3.05) is 0 Å². The molecule has 1 atom stereocenters. The van der Waals surface area contributed by atoms with Crippen molar-refractivity contribution >= 4 is 104 Å². The Morgan fingerprint density at radius 2 is 1.13 bits per heavy atom. The van der Waals surface area contributed by atoms with Crippen LogP contribution in [0.3, 0.4) is 0 Å². The predicted molar refractivity (Wildman–Crippen MR) is 72.0 cm³/mol. The predicted octanol–water partition coefficient (Wildman–Crippen LogP) is 5.69. The van der Waals surface area contributed by atoms with Crippen molar-refractivity contribution in [3.05, 3.63) is 0 Å². The number of hydrogen-bond acceptors (Lipinski definition) is 0. The molecule has 1 unspecified atom stereocenters. The molecule has 9 heteroatoms. The van der Waals surface area contributed by atoms with Gasteiger partial charge in [0.2, 0.25) is 0 Å². The van der Waals surface area contributed by atoms with Crippen molar-refractivity contribution in [3.63, 3.8) is 0 Å². The normalized spacial score (nSPS) is 36.2. The first kappa shape index (κ1) is 15.7. The Labute approximate surface area is 132 Å². The summed E-state index contributed by atoms with van der Waals surface area (Å²) in [5.41, 5.74) is 0. The second-order valence-corrected chi connectivity index (χ2v) is 9.20. The molecule has 0 aromatic rings. The fourth-order valence-electron chi connectivity index (χ4n) is 1.12. The van der Waals surface area contributed by atoms with Crippen LogP contribution in [0.15, 0.2) is 0 Å². The summed E-state index contributed by atoms with van der Waals surface area (Å²) >= 11 is 53.2. The zero-order valence-electron chi connectivity index (χ0n) is 6.69. The second-order valence-electron chi connectivity index (χ2n) is 3.15. The molecule has 1 rings (SSSR count). The van der Waals surface area contributed by atoms with Crippen molar-refractivity contribution in [3.8, 4) is 0 Å². The van der Waals surface area contributed by atoms with Crippen LogP contribution in [0, 0.1) is 0 Å². The van der Waals surface area contributed by atoms with Gasteiger partial charge in [0.25, 0.3) is 0 Å². The molecule has 1 aliphatic rings. The van der Waals surface area contributed by atoms with Gasteiger partial charge in [-0.1, -0.05) is 92.8 Å². The van der Waals surface area contributed by atoms with Gasteiger partial charge in [-0.2, -0.15) is 0 Å². The Morgan fingerprint density at radius 1 is 0.733 bits per heavy atom. The molecule has 0 amide bonds. The van der Waals surface area contributed by atoms with E-state index in [0.717, 1.165) is 0 Å². The third kappa shape index (κ3) is 2.15. The molecule has 0 nitrogen and oxygen atoms in total. The van der Waals surface area contributed by atoms with Crippen LogP contribution in [0.25, 0.3) is 0 Å². The minimum absolute atomic E-state index is 0.0567. The lowest BCUT2D eigenvalue weighted by Gasteiger charge is -2.52. The SMILES string of the molecule is ClC1CC(Cl)(Cl)C(Cl)(Cl)C(Cl)(Cl)C1(Cl)Cl. The van der Waals surface area contributed by atoms with Crippen LogP contribution in [0.4, 0.5) is 0 Å². The molecule has 0 spiro atoms. The van der Waals surface area contributed by atoms with Gasteiger partial charge in [0.1, 0.15) is 0 Å². The van der Waals surface area contributed by atoms with E-state index < -0.39 is 22.7 Å². The first-order chi connectivity index (χ1) is 6.38. The van der Waals surface area contributed by atoms with Crippen LogP contribution < -0.4 is 0 Å². The van der Waals surface area contributed by atoms with E-state index in [4.69, 9.17) is 104 Å². The van der Waals surface area contributed by atoms with Gasteiger partial charge < -0.3 is 0 Å². The fraction of sp³-hybridized carbons (Fsp3) is 1.00. The fourth-order valence-corrected chi connectivity index (χ4v) is 4.24. The highest BCUT2D eigenvalue weighted by Gasteiger charge is 2.74. The van der Waals surface area contributed by atoms with Crippen molar-refractivity contribution in [1.29, 1.82) is 0 Å². The third-order valence-corrected chi connectivity index (χ3v) is 8.31. The lowest BCUT2D eigenvalue weighted by molar-refractivity contribution is 0.414. The van der Waals surface area contributed by atoms with Gasteiger partial charge in [-0.3, -0.25) is 0 Å². The van der Waals surface area contributed by atoms with E-state index in [2.05, 4.69) is 0 Å². The Balaban J connectivity index is 3.30. The molecule has 0 aromatic carbocycles. The molecular weight excluding hydrogens is 391 g/mol. The molecule has 0 heterocycles. The Bertz CT molecular complexity index is 268. The lowest BCUT2D eigenvalue weighted by Crippen LogP contribution is -2.66. The minimum Gasteiger partial charge on any atom is -0.119 e. The van der Waals surface area contributed by atoms with E-state index in [9.17, 15) is 0 Å². The highest BCUT2D eigenvalue weighted by atomic mass is 35.6. The molecule has 0 N–H and O–H groups in total. The van der Waals surface area contributed by atoms with E-state index in [1.807, 2.05) is 0 Å². The Morgan fingerprint density at radius 3 is 1.53 bits per heavy atom. The molecule has 0 aliphatic heterocycles. The summed E-state index contributed by atoms with van der Waals surface area (Å²) in [4.78, 5) is 0. The summed E-state index contributed by atoms with van der Waals surface area (Å²) in [6, 6.07) is 0. The van der Waals surface area contributed by atoms with Gasteiger partial charge in [-0.05, 0) is 0 Å². The molecule has 0 saturated heterocycles. The smallest absolute Gasteiger partial charge is 0.119 e. The zero-order chi connectivity index (χ0) is 12.3. The molecule has 0 radical (unpaired) electrons. The van der Waals surface area contributed by atoms with E-state index in [0.29, 0.717) is 0 Å². The summed E-state index contributed by atoms with van der Waals surface area (Å²) in [7, 11) is 0. The van der Waals surface area contributed by atoms with Gasteiger partial charge in [-0.15, -0.1) is 11.6 Å². The van der Waals surface area contributed by atoms with Crippen LogP contribution in [0.1, 0.15) is 6.42 Å². The van der Waals surface area contributed by atoms with Crippen molar-refractivity contribution < 1.29 is 0 Å². The summed E-state index contributed by atoms with van der Waals surface area (Å²) in [5.74, 6) is 0. The van der Waals surface area contributed by atoms with Gasteiger partial charge in [0.05, 0.1) is 5.38 Å². The van der Waals surface area contributed by atoms with Gasteiger partial charge >= 0.3 is 0 Å². The molecule has 1 saturated carbocycles. The molecule has 1 fully saturated rings. The highest BCUT2D eigenvalue weighted by Crippen LogP contribution is 2.68. The maximum absolute atomic E-state index is 5.92. The van der Waals surface area contributed by atoms with Crippen molar-refractivity contribution in [2.24, 2.45) is 0 Å². The molecular formula is C6H3Cl9. The maximum atomic E-state index is 5.92. The number of hydrogen-bond donors (Lipinski definition) is 0. The van der Waals surface area contributed by atoms with Crippen molar-refractivity contribution in [2.45, 2.75) is 29.1 Å². The van der Waals surface area contributed by atoms with Crippen molar-refractivity contribution in [1.82, 2.24) is 0 Å². The lowest BCUT2D eigenvalue weighted by atomic mass is 9.95. The molecule has 15 heavy (non-hydrogen) atoms. The van der Waals surface area contributed by atoms with Crippen LogP contribution in [0.5, 0.6) is 0 Å². The number of rotatable bonds is 0. The average molecular weight is 394 g/mol.